The molecule has 1 saturated heterocycles. The molecule has 1 amide bonds. The van der Waals surface area contributed by atoms with Crippen molar-refractivity contribution in [3.63, 3.8) is 0 Å². The predicted octanol–water partition coefficient (Wildman–Crippen LogP) is 4.49. The van der Waals surface area contributed by atoms with E-state index in [-0.39, 0.29) is 11.9 Å². The van der Waals surface area contributed by atoms with E-state index in [2.05, 4.69) is 4.57 Å². The molecule has 1 aromatic heterocycles. The molecule has 0 aliphatic carbocycles. The summed E-state index contributed by atoms with van der Waals surface area (Å²) in [4.78, 5) is 26.6. The van der Waals surface area contributed by atoms with Gasteiger partial charge in [-0.25, -0.2) is 4.79 Å². The van der Waals surface area contributed by atoms with Gasteiger partial charge < -0.3 is 9.30 Å². The molecule has 0 unspecified atom stereocenters. The van der Waals surface area contributed by atoms with Gasteiger partial charge >= 0.3 is 5.97 Å². The Morgan fingerprint density at radius 3 is 2.46 bits per heavy atom. The van der Waals surface area contributed by atoms with E-state index in [1.165, 1.54) is 11.8 Å². The zero-order chi connectivity index (χ0) is 20.4. The Labute approximate surface area is 174 Å². The Kier molecular flexibility index (Phi) is 6.05. The Balaban J connectivity index is 1.93. The van der Waals surface area contributed by atoms with Crippen LogP contribution in [0.3, 0.4) is 0 Å². The summed E-state index contributed by atoms with van der Waals surface area (Å²) in [5.41, 5.74) is 4.51. The average molecular weight is 415 g/mol. The van der Waals surface area contributed by atoms with E-state index in [4.69, 9.17) is 17.0 Å². The highest BCUT2D eigenvalue weighted by atomic mass is 32.2. The summed E-state index contributed by atoms with van der Waals surface area (Å²) in [6.07, 6.45) is 1.90. The van der Waals surface area contributed by atoms with Crippen molar-refractivity contribution in [3.8, 4) is 5.69 Å². The molecule has 28 heavy (non-hydrogen) atoms. The topological polar surface area (TPSA) is 51.5 Å². The molecule has 1 aliphatic rings. The third-order valence-electron chi connectivity index (χ3n) is 4.58. The van der Waals surface area contributed by atoms with Crippen LogP contribution in [0.15, 0.2) is 35.2 Å². The van der Waals surface area contributed by atoms with E-state index >= 15 is 0 Å². The van der Waals surface area contributed by atoms with Gasteiger partial charge in [-0.1, -0.05) is 24.0 Å². The maximum Gasteiger partial charge on any atom is 0.338 e. The SMILES string of the molecule is CCOC(=O)c1ccc(-n2c(C)cc(/C=C3/SC(=S)N(CC)C3=O)c2C)cc1. The number of nitrogens with zero attached hydrogens (tertiary/aromatic N) is 2. The van der Waals surface area contributed by atoms with Gasteiger partial charge in [-0.15, -0.1) is 0 Å². The molecule has 0 bridgehead atoms. The van der Waals surface area contributed by atoms with Crippen molar-refractivity contribution in [1.82, 2.24) is 9.47 Å². The van der Waals surface area contributed by atoms with Crippen LogP contribution < -0.4 is 0 Å². The molecular formula is C21H22N2O3S2. The number of carbonyl (C=O) groups is 2. The van der Waals surface area contributed by atoms with Crippen molar-refractivity contribution < 1.29 is 14.3 Å². The highest BCUT2D eigenvalue weighted by Crippen LogP contribution is 2.33. The van der Waals surface area contributed by atoms with Gasteiger partial charge in [-0.2, -0.15) is 0 Å². The fourth-order valence-electron chi connectivity index (χ4n) is 3.21. The van der Waals surface area contributed by atoms with Crippen LogP contribution in [0.5, 0.6) is 0 Å². The van der Waals surface area contributed by atoms with Gasteiger partial charge in [0.1, 0.15) is 4.32 Å². The van der Waals surface area contributed by atoms with E-state index in [0.717, 1.165) is 22.6 Å². The second kappa shape index (κ2) is 8.32. The number of hydrogen-bond donors (Lipinski definition) is 0. The second-order valence-electron chi connectivity index (χ2n) is 6.36. The molecule has 2 heterocycles. The molecule has 7 heteroatoms. The lowest BCUT2D eigenvalue weighted by molar-refractivity contribution is -0.121. The van der Waals surface area contributed by atoms with Gasteiger partial charge in [-0.3, -0.25) is 9.69 Å². The number of thiocarbonyl (C=S) groups is 1. The van der Waals surface area contributed by atoms with Crippen LogP contribution in [0.4, 0.5) is 0 Å². The molecule has 0 N–H and O–H groups in total. The largest absolute Gasteiger partial charge is 0.462 e. The van der Waals surface area contributed by atoms with Crippen molar-refractivity contribution in [1.29, 1.82) is 0 Å². The van der Waals surface area contributed by atoms with E-state index < -0.39 is 0 Å². The first-order valence-corrected chi connectivity index (χ1v) is 10.3. The number of rotatable bonds is 5. The zero-order valence-electron chi connectivity index (χ0n) is 16.3. The third-order valence-corrected chi connectivity index (χ3v) is 5.96. The molecule has 146 valence electrons. The van der Waals surface area contributed by atoms with Gasteiger partial charge in [0.2, 0.25) is 0 Å². The van der Waals surface area contributed by atoms with E-state index in [1.54, 1.807) is 24.0 Å². The smallest absolute Gasteiger partial charge is 0.338 e. The van der Waals surface area contributed by atoms with Crippen LogP contribution in [0.1, 0.15) is 41.2 Å². The molecular weight excluding hydrogens is 392 g/mol. The number of esters is 1. The Hall–Kier alpha value is -2.38. The summed E-state index contributed by atoms with van der Waals surface area (Å²) in [6.45, 7) is 8.66. The summed E-state index contributed by atoms with van der Waals surface area (Å²) < 4.78 is 7.73. The minimum Gasteiger partial charge on any atom is -0.462 e. The van der Waals surface area contributed by atoms with Crippen LogP contribution in [0, 0.1) is 13.8 Å². The number of ether oxygens (including phenoxy) is 1. The number of aryl methyl sites for hydroxylation is 1. The van der Waals surface area contributed by atoms with E-state index in [9.17, 15) is 9.59 Å². The predicted molar refractivity (Wildman–Crippen MR) is 117 cm³/mol. The fourth-order valence-corrected chi connectivity index (χ4v) is 4.58. The second-order valence-corrected chi connectivity index (χ2v) is 8.03. The maximum absolute atomic E-state index is 12.5. The first-order chi connectivity index (χ1) is 13.4. The number of aromatic nitrogens is 1. The molecule has 1 aromatic carbocycles. The number of thioether (sulfide) groups is 1. The van der Waals surface area contributed by atoms with Gasteiger partial charge in [-0.05, 0) is 69.7 Å². The van der Waals surface area contributed by atoms with Crippen molar-refractivity contribution in [2.75, 3.05) is 13.2 Å². The highest BCUT2D eigenvalue weighted by molar-refractivity contribution is 8.26. The Morgan fingerprint density at radius 2 is 1.89 bits per heavy atom. The minimum absolute atomic E-state index is 0.0407. The van der Waals surface area contributed by atoms with E-state index in [0.29, 0.717) is 27.9 Å². The van der Waals surface area contributed by atoms with Crippen molar-refractivity contribution >= 4 is 46.3 Å². The number of amides is 1. The van der Waals surface area contributed by atoms with Gasteiger partial charge in [0.05, 0.1) is 17.1 Å². The number of carbonyl (C=O) groups excluding carboxylic acids is 2. The van der Waals surface area contributed by atoms with Crippen molar-refractivity contribution in [3.05, 3.63) is 57.8 Å². The molecule has 5 nitrogen and oxygen atoms in total. The van der Waals surface area contributed by atoms with Crippen LogP contribution in [-0.2, 0) is 9.53 Å². The van der Waals surface area contributed by atoms with Gasteiger partial charge in [0.15, 0.2) is 0 Å². The quantitative estimate of drug-likeness (QED) is 0.410. The maximum atomic E-state index is 12.5. The Bertz CT molecular complexity index is 974. The molecule has 3 rings (SSSR count). The number of hydrogen-bond acceptors (Lipinski definition) is 5. The molecule has 0 saturated carbocycles. The lowest BCUT2D eigenvalue weighted by Gasteiger charge is -2.11. The summed E-state index contributed by atoms with van der Waals surface area (Å²) in [5.74, 6) is -0.366. The molecule has 0 spiro atoms. The minimum atomic E-state index is -0.325. The zero-order valence-corrected chi connectivity index (χ0v) is 17.9. The molecule has 1 aliphatic heterocycles. The van der Waals surface area contributed by atoms with Gasteiger partial charge in [0, 0.05) is 23.6 Å². The summed E-state index contributed by atoms with van der Waals surface area (Å²) in [5, 5.41) is 0. The van der Waals surface area contributed by atoms with Crippen LogP contribution in [0.25, 0.3) is 11.8 Å². The van der Waals surface area contributed by atoms with Crippen LogP contribution in [-0.4, -0.2) is 38.8 Å². The van der Waals surface area contributed by atoms with Crippen LogP contribution in [0.2, 0.25) is 0 Å². The molecule has 2 aromatic rings. The normalized spacial score (nSPS) is 15.6. The molecule has 1 fully saturated rings. The number of benzene rings is 1. The van der Waals surface area contributed by atoms with Gasteiger partial charge in [0.25, 0.3) is 5.91 Å². The standard InChI is InChI=1S/C21H22N2O3S2/c1-5-22-19(24)18(28-21(22)27)12-16-11-13(3)23(14(16)4)17-9-7-15(8-10-17)20(25)26-6-2/h7-12H,5-6H2,1-4H3/b18-12+. The van der Waals surface area contributed by atoms with Crippen molar-refractivity contribution in [2.45, 2.75) is 27.7 Å². The number of likely N-dealkylation sites (N-methyl/N-ethyl adjacent to an activating group) is 1. The third kappa shape index (κ3) is 3.77. The first kappa shape index (κ1) is 20.4. The lowest BCUT2D eigenvalue weighted by Crippen LogP contribution is -2.27. The molecule has 0 radical (unpaired) electrons. The molecule has 0 atom stereocenters. The highest BCUT2D eigenvalue weighted by Gasteiger charge is 2.30. The monoisotopic (exact) mass is 414 g/mol. The summed E-state index contributed by atoms with van der Waals surface area (Å²) in [7, 11) is 0. The van der Waals surface area contributed by atoms with E-state index in [1.807, 2.05) is 45.0 Å². The van der Waals surface area contributed by atoms with Crippen LogP contribution >= 0.6 is 24.0 Å². The Morgan fingerprint density at radius 1 is 1.21 bits per heavy atom. The lowest BCUT2D eigenvalue weighted by atomic mass is 10.2. The first-order valence-electron chi connectivity index (χ1n) is 9.09. The van der Waals surface area contributed by atoms with Crippen molar-refractivity contribution in [2.24, 2.45) is 0 Å². The fraction of sp³-hybridized carbons (Fsp3) is 0.286. The summed E-state index contributed by atoms with van der Waals surface area (Å²) >= 11 is 6.63. The average Bonchev–Trinajstić information content (AvgIpc) is 3.10. The summed E-state index contributed by atoms with van der Waals surface area (Å²) in [6, 6.07) is 9.36.